The number of halogens is 1. The Bertz CT molecular complexity index is 759. The van der Waals surface area contributed by atoms with Crippen molar-refractivity contribution in [1.82, 2.24) is 0 Å². The first kappa shape index (κ1) is 22.6. The Hall–Kier alpha value is -1.63. The minimum absolute atomic E-state index is 0.232. The summed E-state index contributed by atoms with van der Waals surface area (Å²) in [6, 6.07) is 17.8. The molecule has 0 N–H and O–H groups in total. The molecule has 0 atom stereocenters. The zero-order valence-corrected chi connectivity index (χ0v) is 19.5. The molecule has 1 heteroatoms. The summed E-state index contributed by atoms with van der Waals surface area (Å²) in [6.45, 7) is 2.21. The fourth-order valence-electron chi connectivity index (χ4n) is 6.08. The molecule has 0 heterocycles. The highest BCUT2D eigenvalue weighted by Gasteiger charge is 2.29. The SMILES string of the molecule is C[C@H]1CC[C@H](C2CCC(CCc3ccc(-c4ccc(CCCF)cc4)cc3)CC2)CC1. The summed E-state index contributed by atoms with van der Waals surface area (Å²) in [5.41, 5.74) is 5.24. The lowest BCUT2D eigenvalue weighted by atomic mass is 9.69. The van der Waals surface area contributed by atoms with Crippen LogP contribution in [0, 0.1) is 23.7 Å². The van der Waals surface area contributed by atoms with Crippen LogP contribution in [-0.4, -0.2) is 6.67 Å². The second-order valence-corrected chi connectivity index (χ2v) is 10.5. The summed E-state index contributed by atoms with van der Waals surface area (Å²) < 4.78 is 12.3. The molecule has 0 bridgehead atoms. The van der Waals surface area contributed by atoms with Gasteiger partial charge in [-0.25, -0.2) is 0 Å². The van der Waals surface area contributed by atoms with E-state index >= 15 is 0 Å². The van der Waals surface area contributed by atoms with Crippen molar-refractivity contribution in [2.45, 2.75) is 84.0 Å². The van der Waals surface area contributed by atoms with Gasteiger partial charge in [-0.3, -0.25) is 4.39 Å². The van der Waals surface area contributed by atoms with Gasteiger partial charge in [0.05, 0.1) is 6.67 Å². The summed E-state index contributed by atoms with van der Waals surface area (Å²) in [6.07, 6.45) is 15.9. The van der Waals surface area contributed by atoms with E-state index in [2.05, 4.69) is 55.5 Å². The molecule has 2 fully saturated rings. The van der Waals surface area contributed by atoms with Gasteiger partial charge in [-0.05, 0) is 97.3 Å². The molecule has 2 aliphatic rings. The van der Waals surface area contributed by atoms with Gasteiger partial charge in [0.15, 0.2) is 0 Å². The van der Waals surface area contributed by atoms with E-state index in [1.807, 2.05) is 0 Å². The summed E-state index contributed by atoms with van der Waals surface area (Å²) >= 11 is 0. The molecule has 2 aromatic carbocycles. The van der Waals surface area contributed by atoms with Crippen molar-refractivity contribution in [3.8, 4) is 11.1 Å². The van der Waals surface area contributed by atoms with Crippen LogP contribution in [-0.2, 0) is 12.8 Å². The first-order valence-corrected chi connectivity index (χ1v) is 13.0. The van der Waals surface area contributed by atoms with Crippen molar-refractivity contribution in [1.29, 1.82) is 0 Å². The number of hydrogen-bond acceptors (Lipinski definition) is 0. The molecule has 4 rings (SSSR count). The van der Waals surface area contributed by atoms with Gasteiger partial charge in [0.2, 0.25) is 0 Å². The molecule has 0 aliphatic heterocycles. The number of rotatable bonds is 8. The predicted octanol–water partition coefficient (Wildman–Crippen LogP) is 8.82. The van der Waals surface area contributed by atoms with E-state index in [4.69, 9.17) is 0 Å². The minimum Gasteiger partial charge on any atom is -0.251 e. The Kier molecular flexibility index (Phi) is 8.22. The Morgan fingerprint density at radius 2 is 1.13 bits per heavy atom. The van der Waals surface area contributed by atoms with Crippen LogP contribution >= 0.6 is 0 Å². The van der Waals surface area contributed by atoms with Gasteiger partial charge in [-0.15, -0.1) is 0 Å². The molecular formula is C30H41F. The monoisotopic (exact) mass is 420 g/mol. The maximum absolute atomic E-state index is 12.3. The van der Waals surface area contributed by atoms with E-state index in [1.54, 1.807) is 0 Å². The van der Waals surface area contributed by atoms with Gasteiger partial charge in [-0.1, -0.05) is 81.1 Å². The normalized spacial score (nSPS) is 26.6. The molecule has 0 unspecified atom stereocenters. The van der Waals surface area contributed by atoms with Gasteiger partial charge in [0, 0.05) is 0 Å². The maximum Gasteiger partial charge on any atom is 0.0897 e. The average Bonchev–Trinajstić information content (AvgIpc) is 2.83. The number of aryl methyl sites for hydroxylation is 2. The van der Waals surface area contributed by atoms with Crippen LogP contribution < -0.4 is 0 Å². The van der Waals surface area contributed by atoms with Crippen molar-refractivity contribution in [2.75, 3.05) is 6.67 Å². The van der Waals surface area contributed by atoms with Crippen LogP contribution in [0.4, 0.5) is 4.39 Å². The molecule has 0 amide bonds. The van der Waals surface area contributed by atoms with E-state index in [0.717, 1.165) is 30.1 Å². The standard InChI is InChI=1S/C30H41F/c1-23-4-14-27(15-5-23)28-18-10-25(11-19-28)6-7-26-12-20-30(21-13-26)29-16-8-24(9-17-29)3-2-22-31/h8-9,12-13,16-17,20-21,23,25,27-28H,2-7,10-11,14-15,18-19,22H2,1H3/t23-,25?,27-,28?. The minimum atomic E-state index is -0.232. The fourth-order valence-corrected chi connectivity index (χ4v) is 6.08. The number of alkyl halides is 1. The molecule has 2 aromatic rings. The molecule has 31 heavy (non-hydrogen) atoms. The van der Waals surface area contributed by atoms with E-state index in [9.17, 15) is 4.39 Å². The summed E-state index contributed by atoms with van der Waals surface area (Å²) in [5.74, 6) is 4.00. The Balaban J connectivity index is 1.21. The van der Waals surface area contributed by atoms with Crippen LogP contribution in [0.3, 0.4) is 0 Å². The number of benzene rings is 2. The number of hydrogen-bond donors (Lipinski definition) is 0. The third kappa shape index (κ3) is 6.43. The fraction of sp³-hybridized carbons (Fsp3) is 0.600. The van der Waals surface area contributed by atoms with E-state index in [-0.39, 0.29) is 6.67 Å². The molecule has 0 aromatic heterocycles. The Labute approximate surface area is 189 Å². The first-order valence-electron chi connectivity index (χ1n) is 13.0. The van der Waals surface area contributed by atoms with E-state index in [1.165, 1.54) is 86.5 Å². The van der Waals surface area contributed by atoms with Crippen LogP contribution in [0.5, 0.6) is 0 Å². The van der Waals surface area contributed by atoms with Crippen molar-refractivity contribution in [2.24, 2.45) is 23.7 Å². The van der Waals surface area contributed by atoms with Gasteiger partial charge in [0.1, 0.15) is 0 Å². The highest BCUT2D eigenvalue weighted by Crippen LogP contribution is 2.42. The predicted molar refractivity (Wildman–Crippen MR) is 131 cm³/mol. The second-order valence-electron chi connectivity index (χ2n) is 10.5. The zero-order valence-electron chi connectivity index (χ0n) is 19.5. The van der Waals surface area contributed by atoms with Crippen LogP contribution in [0.1, 0.15) is 82.3 Å². The molecule has 0 radical (unpaired) electrons. The molecule has 0 spiro atoms. The molecular weight excluding hydrogens is 379 g/mol. The molecule has 2 saturated carbocycles. The Morgan fingerprint density at radius 1 is 0.645 bits per heavy atom. The maximum atomic E-state index is 12.3. The lowest BCUT2D eigenvalue weighted by molar-refractivity contribution is 0.148. The molecule has 0 saturated heterocycles. The average molecular weight is 421 g/mol. The van der Waals surface area contributed by atoms with Gasteiger partial charge >= 0.3 is 0 Å². The van der Waals surface area contributed by atoms with Crippen molar-refractivity contribution >= 4 is 0 Å². The largest absolute Gasteiger partial charge is 0.251 e. The topological polar surface area (TPSA) is 0 Å². The summed E-state index contributed by atoms with van der Waals surface area (Å²) in [7, 11) is 0. The van der Waals surface area contributed by atoms with E-state index in [0.29, 0.717) is 6.42 Å². The van der Waals surface area contributed by atoms with Crippen LogP contribution in [0.25, 0.3) is 11.1 Å². The Morgan fingerprint density at radius 3 is 1.65 bits per heavy atom. The smallest absolute Gasteiger partial charge is 0.0897 e. The summed E-state index contributed by atoms with van der Waals surface area (Å²) in [4.78, 5) is 0. The van der Waals surface area contributed by atoms with Gasteiger partial charge in [-0.2, -0.15) is 0 Å². The molecule has 168 valence electrons. The lowest BCUT2D eigenvalue weighted by Crippen LogP contribution is -2.25. The highest BCUT2D eigenvalue weighted by molar-refractivity contribution is 5.64. The van der Waals surface area contributed by atoms with Crippen molar-refractivity contribution in [3.63, 3.8) is 0 Å². The molecule has 0 nitrogen and oxygen atoms in total. The third-order valence-corrected chi connectivity index (χ3v) is 8.30. The molecule has 2 aliphatic carbocycles. The highest BCUT2D eigenvalue weighted by atomic mass is 19.1. The second kappa shape index (κ2) is 11.3. The third-order valence-electron chi connectivity index (χ3n) is 8.30. The van der Waals surface area contributed by atoms with Gasteiger partial charge in [0.25, 0.3) is 0 Å². The van der Waals surface area contributed by atoms with E-state index < -0.39 is 0 Å². The zero-order chi connectivity index (χ0) is 21.5. The van der Waals surface area contributed by atoms with Gasteiger partial charge < -0.3 is 0 Å². The quantitative estimate of drug-likeness (QED) is 0.400. The summed E-state index contributed by atoms with van der Waals surface area (Å²) in [5, 5.41) is 0. The first-order chi connectivity index (χ1) is 15.2. The van der Waals surface area contributed by atoms with Crippen LogP contribution in [0.2, 0.25) is 0 Å². The lowest BCUT2D eigenvalue weighted by Gasteiger charge is -2.37. The van der Waals surface area contributed by atoms with Crippen molar-refractivity contribution in [3.05, 3.63) is 59.7 Å². The van der Waals surface area contributed by atoms with Crippen LogP contribution in [0.15, 0.2) is 48.5 Å². The van der Waals surface area contributed by atoms with Crippen molar-refractivity contribution < 1.29 is 4.39 Å².